The molecule has 1 aromatic carbocycles. The molecule has 0 heterocycles. The van der Waals surface area contributed by atoms with Gasteiger partial charge in [-0.15, -0.1) is 0 Å². The highest BCUT2D eigenvalue weighted by molar-refractivity contribution is 7.86. The van der Waals surface area contributed by atoms with Crippen molar-refractivity contribution in [1.82, 2.24) is 0 Å². The maximum absolute atomic E-state index is 12.5. The highest BCUT2D eigenvalue weighted by Crippen LogP contribution is 2.37. The van der Waals surface area contributed by atoms with Crippen LogP contribution in [0.5, 0.6) is 0 Å². The van der Waals surface area contributed by atoms with Crippen molar-refractivity contribution < 1.29 is 35.7 Å². The number of hydrogen-bond donors (Lipinski definition) is 3. The Balaban J connectivity index is 3.76. The Morgan fingerprint density at radius 1 is 0.958 bits per heavy atom. The van der Waals surface area contributed by atoms with Crippen LogP contribution in [0.3, 0.4) is 0 Å². The summed E-state index contributed by atoms with van der Waals surface area (Å²) in [6.07, 6.45) is -5.20. The molecule has 0 aliphatic heterocycles. The quantitative estimate of drug-likeness (QED) is 0.709. The molecular formula is C13H15F3N2O5S. The van der Waals surface area contributed by atoms with Gasteiger partial charge in [-0.25, -0.2) is 0 Å². The summed E-state index contributed by atoms with van der Waals surface area (Å²) in [5.41, 5.74) is -0.894. The first kappa shape index (κ1) is 19.9. The van der Waals surface area contributed by atoms with Crippen LogP contribution in [0.25, 0.3) is 0 Å². The van der Waals surface area contributed by atoms with Crippen molar-refractivity contribution in [3.05, 3.63) is 16.7 Å². The molecule has 1 aromatic rings. The van der Waals surface area contributed by atoms with E-state index in [4.69, 9.17) is 0 Å². The summed E-state index contributed by atoms with van der Waals surface area (Å²) < 4.78 is 69.9. The van der Waals surface area contributed by atoms with Crippen molar-refractivity contribution in [2.75, 3.05) is 10.6 Å². The van der Waals surface area contributed by atoms with E-state index in [2.05, 4.69) is 5.32 Å². The zero-order valence-corrected chi connectivity index (χ0v) is 13.9. The van der Waals surface area contributed by atoms with E-state index in [0.29, 0.717) is 0 Å². The summed E-state index contributed by atoms with van der Waals surface area (Å²) >= 11 is 0. The van der Waals surface area contributed by atoms with E-state index < -0.39 is 38.7 Å². The topological polar surface area (TPSA) is 113 Å². The van der Waals surface area contributed by atoms with Crippen LogP contribution >= 0.6 is 0 Å². The fourth-order valence-electron chi connectivity index (χ4n) is 2.32. The second-order valence-electron chi connectivity index (χ2n) is 5.06. The molecule has 24 heavy (non-hydrogen) atoms. The van der Waals surface area contributed by atoms with E-state index in [1.165, 1.54) is 13.8 Å². The first-order valence-corrected chi connectivity index (χ1v) is 7.89. The van der Waals surface area contributed by atoms with Crippen molar-refractivity contribution >= 4 is 33.3 Å². The van der Waals surface area contributed by atoms with E-state index in [0.717, 1.165) is 13.8 Å². The van der Waals surface area contributed by atoms with E-state index in [1.807, 2.05) is 0 Å². The second kappa shape index (κ2) is 6.40. The van der Waals surface area contributed by atoms with Gasteiger partial charge < -0.3 is 10.6 Å². The lowest BCUT2D eigenvalue weighted by Crippen LogP contribution is -2.31. The highest BCUT2D eigenvalue weighted by atomic mass is 32.2. The Morgan fingerprint density at radius 2 is 1.38 bits per heavy atom. The molecule has 0 unspecified atom stereocenters. The van der Waals surface area contributed by atoms with Gasteiger partial charge in [0.15, 0.2) is 0 Å². The molecule has 0 fully saturated rings. The summed E-state index contributed by atoms with van der Waals surface area (Å²) in [6.45, 7) is 4.81. The van der Waals surface area contributed by atoms with Gasteiger partial charge in [-0.2, -0.15) is 21.6 Å². The molecule has 0 spiro atoms. The molecule has 3 N–H and O–H groups in total. The summed E-state index contributed by atoms with van der Waals surface area (Å²) in [6, 6.07) is 0. The monoisotopic (exact) mass is 368 g/mol. The number of nitrogens with one attached hydrogen (secondary N) is 2. The predicted molar refractivity (Wildman–Crippen MR) is 79.5 cm³/mol. The number of anilines is 2. The van der Waals surface area contributed by atoms with E-state index in [9.17, 15) is 35.7 Å². The Bertz CT molecular complexity index is 816. The maximum Gasteiger partial charge on any atom is 0.471 e. The van der Waals surface area contributed by atoms with Gasteiger partial charge in [0.2, 0.25) is 5.91 Å². The third-order valence-corrected chi connectivity index (χ3v) is 4.36. The third kappa shape index (κ3) is 4.03. The molecule has 134 valence electrons. The van der Waals surface area contributed by atoms with Gasteiger partial charge in [0.25, 0.3) is 10.1 Å². The smallest absolute Gasteiger partial charge is 0.326 e. The van der Waals surface area contributed by atoms with Crippen molar-refractivity contribution in [1.29, 1.82) is 0 Å². The molecule has 2 amide bonds. The van der Waals surface area contributed by atoms with Gasteiger partial charge >= 0.3 is 12.1 Å². The van der Waals surface area contributed by atoms with Gasteiger partial charge in [-0.05, 0) is 37.5 Å². The van der Waals surface area contributed by atoms with Gasteiger partial charge in [0, 0.05) is 6.92 Å². The number of carbonyl (C=O) groups excluding carboxylic acids is 2. The third-order valence-electron chi connectivity index (χ3n) is 3.24. The van der Waals surface area contributed by atoms with Crippen LogP contribution < -0.4 is 10.6 Å². The van der Waals surface area contributed by atoms with E-state index in [-0.39, 0.29) is 22.4 Å². The fourth-order valence-corrected chi connectivity index (χ4v) is 3.30. The van der Waals surface area contributed by atoms with Gasteiger partial charge in [-0.1, -0.05) is 0 Å². The van der Waals surface area contributed by atoms with Crippen LogP contribution in [0.15, 0.2) is 4.90 Å². The first-order chi connectivity index (χ1) is 10.7. The lowest BCUT2D eigenvalue weighted by atomic mass is 10.0. The SMILES string of the molecule is CC(=O)Nc1c(C)c(NC(=O)C(F)(F)F)c(C)c(S(=O)(=O)O)c1C. The number of rotatable bonds is 3. The van der Waals surface area contributed by atoms with Crippen LogP contribution in [0, 0.1) is 20.8 Å². The number of carbonyl (C=O) groups is 2. The molecule has 0 radical (unpaired) electrons. The van der Waals surface area contributed by atoms with Crippen molar-refractivity contribution in [3.8, 4) is 0 Å². The summed E-state index contributed by atoms with van der Waals surface area (Å²) in [7, 11) is -4.82. The van der Waals surface area contributed by atoms with Crippen molar-refractivity contribution in [2.24, 2.45) is 0 Å². The molecule has 0 aliphatic carbocycles. The molecule has 0 saturated heterocycles. The van der Waals surface area contributed by atoms with Crippen LogP contribution in [0.2, 0.25) is 0 Å². The van der Waals surface area contributed by atoms with Gasteiger partial charge in [0.1, 0.15) is 4.90 Å². The molecule has 7 nitrogen and oxygen atoms in total. The second-order valence-corrected chi connectivity index (χ2v) is 6.42. The normalized spacial score (nSPS) is 12.0. The fraction of sp³-hybridized carbons (Fsp3) is 0.385. The summed E-state index contributed by atoms with van der Waals surface area (Å²) in [4.78, 5) is 21.8. The van der Waals surface area contributed by atoms with E-state index in [1.54, 1.807) is 5.32 Å². The zero-order chi connectivity index (χ0) is 19.0. The molecule has 0 atom stereocenters. The van der Waals surface area contributed by atoms with Crippen LogP contribution in [-0.4, -0.2) is 31.0 Å². The molecule has 1 rings (SSSR count). The molecule has 11 heteroatoms. The molecule has 0 aliphatic rings. The lowest BCUT2D eigenvalue weighted by Gasteiger charge is -2.21. The summed E-state index contributed by atoms with van der Waals surface area (Å²) in [5.74, 6) is -2.92. The van der Waals surface area contributed by atoms with Crippen LogP contribution in [-0.2, 0) is 19.7 Å². The van der Waals surface area contributed by atoms with Crippen molar-refractivity contribution in [2.45, 2.75) is 38.8 Å². The van der Waals surface area contributed by atoms with Gasteiger partial charge in [-0.3, -0.25) is 14.1 Å². The van der Waals surface area contributed by atoms with Crippen LogP contribution in [0.1, 0.15) is 23.6 Å². The Hall–Kier alpha value is -2.14. The average molecular weight is 368 g/mol. The molecule has 0 saturated carbocycles. The number of hydrogen-bond acceptors (Lipinski definition) is 4. The van der Waals surface area contributed by atoms with Gasteiger partial charge in [0.05, 0.1) is 11.4 Å². The summed E-state index contributed by atoms with van der Waals surface area (Å²) in [5, 5.41) is 3.87. The Labute approximate surface area is 136 Å². The minimum absolute atomic E-state index is 0.0187. The zero-order valence-electron chi connectivity index (χ0n) is 13.1. The largest absolute Gasteiger partial charge is 0.471 e. The van der Waals surface area contributed by atoms with E-state index >= 15 is 0 Å². The highest BCUT2D eigenvalue weighted by Gasteiger charge is 2.39. The minimum Gasteiger partial charge on any atom is -0.326 e. The molecular weight excluding hydrogens is 353 g/mol. The number of benzene rings is 1. The van der Waals surface area contributed by atoms with Crippen molar-refractivity contribution in [3.63, 3.8) is 0 Å². The molecule has 0 bridgehead atoms. The van der Waals surface area contributed by atoms with Crippen LogP contribution in [0.4, 0.5) is 24.5 Å². The number of alkyl halides is 3. The maximum atomic E-state index is 12.5. The Morgan fingerprint density at radius 3 is 1.71 bits per heavy atom. The number of halogens is 3. The predicted octanol–water partition coefficient (Wildman–Crippen LogP) is 2.32. The minimum atomic E-state index is -5.20. The average Bonchev–Trinajstić information content (AvgIpc) is 2.36. The standard InChI is InChI=1S/C13H15F3N2O5S/c1-5-9(17-8(4)19)6(2)11(24(21,22)23)7(3)10(5)18-12(20)13(14,15)16/h1-4H3,(H,17,19)(H,18,20)(H,21,22,23). The molecule has 0 aromatic heterocycles. The lowest BCUT2D eigenvalue weighted by molar-refractivity contribution is -0.167. The first-order valence-electron chi connectivity index (χ1n) is 6.45. The Kier molecular flexibility index (Phi) is 5.31. The number of amides is 2.